The minimum atomic E-state index is -1.42. The van der Waals surface area contributed by atoms with Gasteiger partial charge in [-0.2, -0.15) is 0 Å². The zero-order valence-electron chi connectivity index (χ0n) is 14.3. The molecule has 1 aromatic rings. The lowest BCUT2D eigenvalue weighted by Crippen LogP contribution is -2.58. The Labute approximate surface area is 149 Å². The zero-order valence-corrected chi connectivity index (χ0v) is 14.3. The number of carbonyl (C=O) groups is 1. The third-order valence-electron chi connectivity index (χ3n) is 4.54. The van der Waals surface area contributed by atoms with Gasteiger partial charge in [0.15, 0.2) is 5.78 Å². The van der Waals surface area contributed by atoms with Crippen molar-refractivity contribution in [3.05, 3.63) is 23.7 Å². The molecule has 0 aromatic carbocycles. The molecule has 2 aliphatic rings. The Hall–Kier alpha value is -1.98. The number of ketones is 1. The molecule has 5 unspecified atom stereocenters. The van der Waals surface area contributed by atoms with Crippen LogP contribution in [0.15, 0.2) is 23.0 Å². The second kappa shape index (κ2) is 7.72. The summed E-state index contributed by atoms with van der Waals surface area (Å²) in [6, 6.07) is 0. The van der Waals surface area contributed by atoms with Crippen molar-refractivity contribution >= 4 is 11.5 Å². The Morgan fingerprint density at radius 3 is 2.65 bits per heavy atom. The molecule has 10 nitrogen and oxygen atoms in total. The molecule has 0 saturated carbocycles. The van der Waals surface area contributed by atoms with Crippen LogP contribution in [-0.4, -0.2) is 84.0 Å². The Morgan fingerprint density at radius 1 is 1.27 bits per heavy atom. The zero-order chi connectivity index (χ0) is 18.8. The molecule has 3 rings (SSSR count). The first-order valence-electron chi connectivity index (χ1n) is 8.34. The van der Waals surface area contributed by atoms with E-state index in [9.17, 15) is 25.2 Å². The molecule has 4 N–H and O–H groups in total. The number of aromatic nitrogens is 3. The average molecular weight is 366 g/mol. The maximum Gasteiger partial charge on any atom is 0.182 e. The molecule has 0 spiro atoms. The van der Waals surface area contributed by atoms with Gasteiger partial charge in [-0.1, -0.05) is 5.21 Å². The van der Waals surface area contributed by atoms with Gasteiger partial charge in [0.25, 0.3) is 0 Å². The summed E-state index contributed by atoms with van der Waals surface area (Å²) in [5.74, 6) is -0.137. The average Bonchev–Trinajstić information content (AvgIpc) is 3.24. The summed E-state index contributed by atoms with van der Waals surface area (Å²) in [6.45, 7) is 1.37. The van der Waals surface area contributed by atoms with Crippen LogP contribution in [-0.2, 0) is 16.1 Å². The molecule has 5 atom stereocenters. The number of allylic oxidation sites excluding steroid dienone is 1. The van der Waals surface area contributed by atoms with Crippen LogP contribution in [0.2, 0.25) is 0 Å². The number of carbonyl (C=O) groups excluding carboxylic acids is 1. The Bertz CT molecular complexity index is 728. The number of aliphatic imine (C=N–C) groups is 1. The van der Waals surface area contributed by atoms with Gasteiger partial charge in [0.1, 0.15) is 31.0 Å². The molecule has 1 fully saturated rings. The third kappa shape index (κ3) is 3.89. The maximum atomic E-state index is 12.3. The molecule has 1 aromatic heterocycles. The van der Waals surface area contributed by atoms with Crippen molar-refractivity contribution in [2.75, 3.05) is 6.61 Å². The number of hydrogen-bond acceptors (Lipinski definition) is 9. The Morgan fingerprint density at radius 2 is 2.00 bits per heavy atom. The van der Waals surface area contributed by atoms with E-state index < -0.39 is 37.1 Å². The predicted molar refractivity (Wildman–Crippen MR) is 88.3 cm³/mol. The van der Waals surface area contributed by atoms with Gasteiger partial charge in [0.2, 0.25) is 0 Å². The second-order valence-corrected chi connectivity index (χ2v) is 6.58. The molecule has 26 heavy (non-hydrogen) atoms. The van der Waals surface area contributed by atoms with Crippen molar-refractivity contribution in [2.45, 2.75) is 56.8 Å². The first-order chi connectivity index (χ1) is 12.4. The van der Waals surface area contributed by atoms with Crippen LogP contribution in [0.4, 0.5) is 0 Å². The fourth-order valence-corrected chi connectivity index (χ4v) is 3.08. The van der Waals surface area contributed by atoms with Gasteiger partial charge < -0.3 is 25.2 Å². The molecule has 0 bridgehead atoms. The van der Waals surface area contributed by atoms with Gasteiger partial charge in [0.05, 0.1) is 18.4 Å². The first kappa shape index (κ1) is 18.8. The van der Waals surface area contributed by atoms with Gasteiger partial charge in [-0.25, -0.2) is 4.68 Å². The highest BCUT2D eigenvalue weighted by atomic mass is 16.5. The number of nitrogens with zero attached hydrogens (tertiary/aromatic N) is 4. The summed E-state index contributed by atoms with van der Waals surface area (Å²) in [7, 11) is 0. The standard InChI is InChI=1S/C16H22N4O6/c1-8-5-20(19-18-8)6-11(22)9-2-10(17-4-9)3-12-14(23)16(25)15(24)13(7-21)26-12/h4-5,12-16,21,23-25H,2-3,6-7H2,1H3. The van der Waals surface area contributed by atoms with Crippen LogP contribution < -0.4 is 0 Å². The number of Topliss-reactive ketones (excluding diaryl/α,β-unsaturated/α-hetero) is 1. The van der Waals surface area contributed by atoms with E-state index >= 15 is 0 Å². The molecular formula is C16H22N4O6. The molecule has 142 valence electrons. The molecule has 0 aliphatic carbocycles. The van der Waals surface area contributed by atoms with E-state index in [1.807, 2.05) is 0 Å². The highest BCUT2D eigenvalue weighted by molar-refractivity contribution is 6.04. The van der Waals surface area contributed by atoms with Crippen molar-refractivity contribution in [2.24, 2.45) is 4.99 Å². The summed E-state index contributed by atoms with van der Waals surface area (Å²) < 4.78 is 6.92. The van der Waals surface area contributed by atoms with E-state index in [0.29, 0.717) is 17.7 Å². The van der Waals surface area contributed by atoms with E-state index in [1.165, 1.54) is 10.9 Å². The van der Waals surface area contributed by atoms with Gasteiger partial charge in [-0.15, -0.1) is 5.10 Å². The van der Waals surface area contributed by atoms with E-state index in [0.717, 1.165) is 5.69 Å². The van der Waals surface area contributed by atoms with Crippen LogP contribution in [0, 0.1) is 6.92 Å². The van der Waals surface area contributed by atoms with E-state index in [1.54, 1.807) is 13.1 Å². The lowest BCUT2D eigenvalue weighted by Gasteiger charge is -2.40. The maximum absolute atomic E-state index is 12.3. The van der Waals surface area contributed by atoms with E-state index in [2.05, 4.69) is 15.3 Å². The van der Waals surface area contributed by atoms with Gasteiger partial charge in [-0.3, -0.25) is 9.79 Å². The normalized spacial score (nSPS) is 31.7. The largest absolute Gasteiger partial charge is 0.394 e. The summed E-state index contributed by atoms with van der Waals surface area (Å²) in [6.07, 6.45) is -2.27. The van der Waals surface area contributed by atoms with Crippen molar-refractivity contribution in [3.8, 4) is 0 Å². The SMILES string of the molecule is Cc1cn(CC(=O)C2=CN=C(CC3OC(CO)C(O)C(O)C3O)C2)nn1. The van der Waals surface area contributed by atoms with Crippen LogP contribution >= 0.6 is 0 Å². The van der Waals surface area contributed by atoms with Gasteiger partial charge >= 0.3 is 0 Å². The summed E-state index contributed by atoms with van der Waals surface area (Å²) >= 11 is 0. The van der Waals surface area contributed by atoms with Crippen molar-refractivity contribution in [1.29, 1.82) is 0 Å². The molecule has 0 radical (unpaired) electrons. The Kier molecular flexibility index (Phi) is 5.58. The molecular weight excluding hydrogens is 344 g/mol. The first-order valence-corrected chi connectivity index (χ1v) is 8.34. The lowest BCUT2D eigenvalue weighted by molar-refractivity contribution is -0.227. The smallest absolute Gasteiger partial charge is 0.182 e. The number of aliphatic hydroxyl groups excluding tert-OH is 4. The minimum Gasteiger partial charge on any atom is -0.394 e. The number of aryl methyl sites for hydroxylation is 1. The van der Waals surface area contributed by atoms with Crippen LogP contribution in [0.5, 0.6) is 0 Å². The molecule has 0 amide bonds. The van der Waals surface area contributed by atoms with E-state index in [-0.39, 0.29) is 18.7 Å². The summed E-state index contributed by atoms with van der Waals surface area (Å²) in [5.41, 5.74) is 1.85. The number of ether oxygens (including phenoxy) is 1. The highest BCUT2D eigenvalue weighted by Crippen LogP contribution is 2.26. The van der Waals surface area contributed by atoms with Gasteiger partial charge in [-0.05, 0) is 6.92 Å². The van der Waals surface area contributed by atoms with Crippen LogP contribution in [0.1, 0.15) is 18.5 Å². The van der Waals surface area contributed by atoms with E-state index in [4.69, 9.17) is 4.74 Å². The predicted octanol–water partition coefficient (Wildman–Crippen LogP) is -1.88. The van der Waals surface area contributed by atoms with Crippen LogP contribution in [0.25, 0.3) is 0 Å². The lowest BCUT2D eigenvalue weighted by atomic mass is 9.91. The fraction of sp³-hybridized carbons (Fsp3) is 0.625. The van der Waals surface area contributed by atoms with Gasteiger partial charge in [0, 0.05) is 36.5 Å². The summed E-state index contributed by atoms with van der Waals surface area (Å²) in [4.78, 5) is 16.5. The molecule has 10 heteroatoms. The quantitative estimate of drug-likeness (QED) is 0.457. The summed E-state index contributed by atoms with van der Waals surface area (Å²) in [5, 5.41) is 46.6. The van der Waals surface area contributed by atoms with Crippen molar-refractivity contribution < 1.29 is 30.0 Å². The number of rotatable bonds is 6. The van der Waals surface area contributed by atoms with Crippen LogP contribution in [0.3, 0.4) is 0 Å². The molecule has 2 aliphatic heterocycles. The fourth-order valence-electron chi connectivity index (χ4n) is 3.08. The molecule has 1 saturated heterocycles. The number of hydrogen-bond donors (Lipinski definition) is 4. The van der Waals surface area contributed by atoms with Crippen molar-refractivity contribution in [3.63, 3.8) is 0 Å². The van der Waals surface area contributed by atoms with Crippen molar-refractivity contribution in [1.82, 2.24) is 15.0 Å². The number of aliphatic hydroxyl groups is 4. The Balaban J connectivity index is 1.55. The molecule has 3 heterocycles. The monoisotopic (exact) mass is 366 g/mol. The third-order valence-corrected chi connectivity index (χ3v) is 4.54. The minimum absolute atomic E-state index is 0.0650. The highest BCUT2D eigenvalue weighted by Gasteiger charge is 2.43. The second-order valence-electron chi connectivity index (χ2n) is 6.58. The topological polar surface area (TPSA) is 150 Å².